The van der Waals surface area contributed by atoms with Crippen molar-refractivity contribution < 1.29 is 14.4 Å². The van der Waals surface area contributed by atoms with Crippen LogP contribution in [0.3, 0.4) is 0 Å². The van der Waals surface area contributed by atoms with Crippen LogP contribution in [0, 0.1) is 13.8 Å². The number of fused-ring (bicyclic) bond motifs is 3. The van der Waals surface area contributed by atoms with E-state index in [1.54, 1.807) is 5.01 Å². The zero-order valence-corrected chi connectivity index (χ0v) is 18.6. The number of para-hydroxylation sites is 3. The summed E-state index contributed by atoms with van der Waals surface area (Å²) in [7, 11) is 0. The number of benzene rings is 3. The molecule has 1 unspecified atom stereocenters. The molecule has 1 saturated heterocycles. The highest BCUT2D eigenvalue weighted by molar-refractivity contribution is 6.06. The predicted molar refractivity (Wildman–Crippen MR) is 125 cm³/mol. The second-order valence-electron chi connectivity index (χ2n) is 8.65. The van der Waals surface area contributed by atoms with Crippen molar-refractivity contribution in [2.75, 3.05) is 10.3 Å². The number of hydrogen-bond donors (Lipinski definition) is 2. The zero-order chi connectivity index (χ0) is 23.4. The van der Waals surface area contributed by atoms with Crippen LogP contribution in [0.1, 0.15) is 23.1 Å². The normalized spacial score (nSPS) is 22.9. The van der Waals surface area contributed by atoms with Gasteiger partial charge in [0.1, 0.15) is 0 Å². The van der Waals surface area contributed by atoms with Crippen LogP contribution >= 0.6 is 0 Å². The Morgan fingerprint density at radius 3 is 2.59 bits per heavy atom. The van der Waals surface area contributed by atoms with Gasteiger partial charge >= 0.3 is 5.97 Å². The molecule has 0 radical (unpaired) electrons. The Bertz CT molecular complexity index is 1540. The Hall–Kier alpha value is -4.30. The number of amides is 1. The maximum Gasteiger partial charge on any atom is 0.378 e. The third-order valence-corrected chi connectivity index (χ3v) is 6.39. The molecule has 1 atom stereocenters. The van der Waals surface area contributed by atoms with Crippen molar-refractivity contribution in [2.45, 2.75) is 25.8 Å². The van der Waals surface area contributed by atoms with Gasteiger partial charge in [0, 0.05) is 17.7 Å². The highest BCUT2D eigenvalue weighted by Gasteiger charge is 2.49. The van der Waals surface area contributed by atoms with Crippen molar-refractivity contribution in [3.8, 4) is 0 Å². The summed E-state index contributed by atoms with van der Waals surface area (Å²) >= 11 is 0. The van der Waals surface area contributed by atoms with E-state index < -0.39 is 11.5 Å². The van der Waals surface area contributed by atoms with Crippen molar-refractivity contribution >= 4 is 23.3 Å². The Labute approximate surface area is 195 Å². The van der Waals surface area contributed by atoms with Gasteiger partial charge in [-0.2, -0.15) is 0 Å². The minimum Gasteiger partial charge on any atom is -0.345 e. The predicted octanol–water partition coefficient (Wildman–Crippen LogP) is 2.49. The van der Waals surface area contributed by atoms with Crippen LogP contribution in [0.4, 0.5) is 11.4 Å². The van der Waals surface area contributed by atoms with Crippen molar-refractivity contribution in [3.05, 3.63) is 106 Å². The molecule has 34 heavy (non-hydrogen) atoms. The van der Waals surface area contributed by atoms with Gasteiger partial charge in [0.2, 0.25) is 0 Å². The number of hydrazine groups is 1. The Morgan fingerprint density at radius 2 is 1.74 bits per heavy atom. The van der Waals surface area contributed by atoms with E-state index in [1.807, 2.05) is 80.6 Å². The molecule has 168 valence electrons. The van der Waals surface area contributed by atoms with Crippen LogP contribution in [0.2, 0.25) is 0 Å². The second kappa shape index (κ2) is 7.36. The summed E-state index contributed by atoms with van der Waals surface area (Å²) in [6.45, 7) is 3.94. The van der Waals surface area contributed by atoms with Gasteiger partial charge in [0.05, 0.1) is 22.1 Å². The minimum absolute atomic E-state index is 0.0952. The summed E-state index contributed by atoms with van der Waals surface area (Å²) in [5.41, 5.74) is 6.32. The minimum atomic E-state index is -1.26. The number of nitrogens with zero attached hydrogens (tertiary/aromatic N) is 3. The van der Waals surface area contributed by atoms with Gasteiger partial charge < -0.3 is 10.2 Å². The number of rotatable bonds is 1. The van der Waals surface area contributed by atoms with Crippen molar-refractivity contribution in [2.24, 2.45) is 9.98 Å². The van der Waals surface area contributed by atoms with E-state index in [2.05, 4.69) is 10.9 Å². The Morgan fingerprint density at radius 1 is 0.971 bits per heavy atom. The van der Waals surface area contributed by atoms with Gasteiger partial charge in [-0.25, -0.2) is 14.8 Å². The number of carbonyl (C=O) groups is 2. The maximum atomic E-state index is 13.4. The summed E-state index contributed by atoms with van der Waals surface area (Å²) in [5.74, 6) is -0.822. The average molecular weight is 451 g/mol. The fourth-order valence-electron chi connectivity index (χ4n) is 4.70. The lowest BCUT2D eigenvalue weighted by Crippen LogP contribution is -2.36. The molecule has 3 heterocycles. The topological polar surface area (TPSA) is 95.4 Å². The molecule has 3 aromatic carbocycles. The first kappa shape index (κ1) is 20.3. The van der Waals surface area contributed by atoms with Crippen LogP contribution < -0.4 is 26.6 Å². The van der Waals surface area contributed by atoms with Crippen LogP contribution in [0.25, 0.3) is 0 Å². The highest BCUT2D eigenvalue weighted by Crippen LogP contribution is 2.44. The molecule has 1 amide bonds. The summed E-state index contributed by atoms with van der Waals surface area (Å²) in [6, 6.07) is 20.8. The molecule has 3 aromatic rings. The van der Waals surface area contributed by atoms with Gasteiger partial charge in [-0.1, -0.05) is 48.1 Å². The van der Waals surface area contributed by atoms with E-state index >= 15 is 0 Å². The molecule has 0 aliphatic carbocycles. The van der Waals surface area contributed by atoms with Crippen LogP contribution in [0.15, 0.2) is 88.1 Å². The highest BCUT2D eigenvalue weighted by atomic mass is 16.7. The monoisotopic (exact) mass is 451 g/mol. The molecule has 8 heteroatoms. The van der Waals surface area contributed by atoms with Gasteiger partial charge in [0.25, 0.3) is 5.91 Å². The number of nitrogens with one attached hydrogen (secondary N) is 2. The summed E-state index contributed by atoms with van der Waals surface area (Å²) in [5, 5.41) is 5.73. The lowest BCUT2D eigenvalue weighted by atomic mass is 9.86. The number of hydrogen-bond acceptors (Lipinski definition) is 7. The molecule has 8 nitrogen and oxygen atoms in total. The standard InChI is InChI=1S/C26H21N5O3/c1-15-11-12-16(2)22(13-15)31-23(24(32)34-30-31)21-14-26(29-20-10-6-5-9-19(20)27-21)17-7-3-4-8-18(17)28-25(26)33/h3-13,30H,14H2,1-2H3,(H,28,33)/b23-21-. The molecule has 2 N–H and O–H groups in total. The third-order valence-electron chi connectivity index (χ3n) is 6.39. The fraction of sp³-hybridized carbons (Fsp3) is 0.154. The summed E-state index contributed by atoms with van der Waals surface area (Å²) in [6.07, 6.45) is 0.0952. The molecule has 0 saturated carbocycles. The maximum absolute atomic E-state index is 13.4. The van der Waals surface area contributed by atoms with Crippen molar-refractivity contribution in [1.29, 1.82) is 0 Å². The van der Waals surface area contributed by atoms with Crippen molar-refractivity contribution in [3.63, 3.8) is 0 Å². The number of aryl methyl sites for hydroxylation is 2. The molecule has 3 aliphatic heterocycles. The SMILES string of the molecule is Cc1ccc(C)c(N2NOC(=O)/C2=C2\CC3(N=c4ccccc4=N2)C(=O)Nc2ccccc23)c1. The van der Waals surface area contributed by atoms with E-state index in [4.69, 9.17) is 14.8 Å². The molecule has 0 bridgehead atoms. The quantitative estimate of drug-likeness (QED) is 0.555. The van der Waals surface area contributed by atoms with E-state index in [9.17, 15) is 9.59 Å². The Kier molecular flexibility index (Phi) is 4.40. The molecule has 1 spiro atoms. The van der Waals surface area contributed by atoms with Gasteiger partial charge in [-0.05, 0) is 49.2 Å². The van der Waals surface area contributed by atoms with E-state index in [-0.39, 0.29) is 18.0 Å². The van der Waals surface area contributed by atoms with Crippen LogP contribution in [0.5, 0.6) is 0 Å². The van der Waals surface area contributed by atoms with Crippen LogP contribution in [-0.2, 0) is 20.0 Å². The first-order valence-corrected chi connectivity index (χ1v) is 11.0. The lowest BCUT2D eigenvalue weighted by molar-refractivity contribution is -0.140. The summed E-state index contributed by atoms with van der Waals surface area (Å²) in [4.78, 5) is 41.5. The first-order chi connectivity index (χ1) is 16.5. The van der Waals surface area contributed by atoms with Gasteiger partial charge in [-0.15, -0.1) is 0 Å². The lowest BCUT2D eigenvalue weighted by Gasteiger charge is -2.24. The van der Waals surface area contributed by atoms with Crippen molar-refractivity contribution in [1.82, 2.24) is 5.59 Å². The van der Waals surface area contributed by atoms with Crippen LogP contribution in [-0.4, -0.2) is 11.9 Å². The van der Waals surface area contributed by atoms with E-state index in [0.29, 0.717) is 22.1 Å². The first-order valence-electron chi connectivity index (χ1n) is 11.0. The molecular formula is C26H21N5O3. The molecule has 0 aromatic heterocycles. The molecule has 3 aliphatic rings. The third kappa shape index (κ3) is 2.96. The molecule has 1 fully saturated rings. The van der Waals surface area contributed by atoms with Gasteiger partial charge in [0.15, 0.2) is 11.2 Å². The molecular weight excluding hydrogens is 430 g/mol. The van der Waals surface area contributed by atoms with E-state index in [0.717, 1.165) is 22.4 Å². The average Bonchev–Trinajstić information content (AvgIpc) is 3.26. The smallest absolute Gasteiger partial charge is 0.345 e. The van der Waals surface area contributed by atoms with Gasteiger partial charge in [-0.3, -0.25) is 9.79 Å². The Balaban J connectivity index is 1.65. The largest absolute Gasteiger partial charge is 0.378 e. The number of carbonyl (C=O) groups excluding carboxylic acids is 2. The fourth-order valence-corrected chi connectivity index (χ4v) is 4.70. The zero-order valence-electron chi connectivity index (χ0n) is 18.6. The second-order valence-corrected chi connectivity index (χ2v) is 8.65. The van der Waals surface area contributed by atoms with E-state index in [1.165, 1.54) is 0 Å². The summed E-state index contributed by atoms with van der Waals surface area (Å²) < 4.78 is 0. The number of anilines is 2. The molecule has 6 rings (SSSR count).